The van der Waals surface area contributed by atoms with Gasteiger partial charge in [0.2, 0.25) is 0 Å². The van der Waals surface area contributed by atoms with Crippen molar-refractivity contribution in [1.29, 1.82) is 0 Å². The Kier molecular flexibility index (Phi) is 10.6. The summed E-state index contributed by atoms with van der Waals surface area (Å²) in [4.78, 5) is 4.23. The number of hydrogen-bond acceptors (Lipinski definition) is 5. The van der Waals surface area contributed by atoms with Crippen LogP contribution in [-0.2, 0) is 0 Å². The molecule has 1 rings (SSSR count). The van der Waals surface area contributed by atoms with Gasteiger partial charge in [0, 0.05) is 32.2 Å². The number of likely N-dealkylation sites (N-methyl/N-ethyl adjacent to an activating group) is 2. The van der Waals surface area contributed by atoms with Gasteiger partial charge in [-0.1, -0.05) is 0 Å². The Labute approximate surface area is 113 Å². The van der Waals surface area contributed by atoms with Crippen molar-refractivity contribution >= 4 is 0 Å². The van der Waals surface area contributed by atoms with Gasteiger partial charge in [0.1, 0.15) is 0 Å². The molecule has 0 aromatic carbocycles. The Hall–Kier alpha value is -0.200. The lowest BCUT2D eigenvalue weighted by Crippen LogP contribution is -2.43. The van der Waals surface area contributed by atoms with Crippen LogP contribution < -0.4 is 16.6 Å². The van der Waals surface area contributed by atoms with Crippen molar-refractivity contribution in [2.75, 3.05) is 54.4 Å². The molecule has 0 bridgehead atoms. The zero-order valence-corrected chi connectivity index (χ0v) is 12.9. The normalized spacial score (nSPS) is 16.7. The number of hydrogen-bond donors (Lipinski definition) is 3. The molecule has 1 aliphatic rings. The Morgan fingerprint density at radius 2 is 1.67 bits per heavy atom. The quantitative estimate of drug-likeness (QED) is 0.421. The number of rotatable bonds is 8. The number of nitrogens with one attached hydrogen (secondary N) is 2. The van der Waals surface area contributed by atoms with Gasteiger partial charge in [0.25, 0.3) is 0 Å². The van der Waals surface area contributed by atoms with E-state index in [9.17, 15) is 0 Å². The summed E-state index contributed by atoms with van der Waals surface area (Å²) in [5.74, 6) is 0.928. The van der Waals surface area contributed by atoms with Crippen LogP contribution in [0, 0.1) is 5.92 Å². The van der Waals surface area contributed by atoms with Gasteiger partial charge in [-0.25, -0.2) is 0 Å². The van der Waals surface area contributed by atoms with Gasteiger partial charge >= 0.3 is 0 Å². The second-order valence-corrected chi connectivity index (χ2v) is 5.59. The van der Waals surface area contributed by atoms with Crippen molar-refractivity contribution in [1.82, 2.24) is 20.7 Å². The lowest BCUT2D eigenvalue weighted by atomic mass is 10.2. The maximum atomic E-state index is 5.19. The van der Waals surface area contributed by atoms with Gasteiger partial charge in [-0.2, -0.15) is 0 Å². The fourth-order valence-electron chi connectivity index (χ4n) is 1.48. The molecule has 0 heterocycles. The second kappa shape index (κ2) is 10.7. The van der Waals surface area contributed by atoms with Gasteiger partial charge in [-0.3, -0.25) is 10.9 Å². The van der Waals surface area contributed by atoms with Crippen molar-refractivity contribution in [2.24, 2.45) is 11.7 Å². The van der Waals surface area contributed by atoms with Gasteiger partial charge < -0.3 is 15.5 Å². The third kappa shape index (κ3) is 12.3. The molecule has 0 saturated heterocycles. The van der Waals surface area contributed by atoms with Crippen LogP contribution in [0.1, 0.15) is 19.8 Å². The Balaban J connectivity index is 0.000000411. The number of nitrogens with zero attached hydrogens (tertiary/aromatic N) is 2. The van der Waals surface area contributed by atoms with E-state index in [2.05, 4.69) is 41.7 Å². The van der Waals surface area contributed by atoms with Crippen LogP contribution in [0.5, 0.6) is 0 Å². The van der Waals surface area contributed by atoms with E-state index >= 15 is 0 Å². The van der Waals surface area contributed by atoms with Crippen LogP contribution >= 0.6 is 0 Å². The summed E-state index contributed by atoms with van der Waals surface area (Å²) in [5.41, 5.74) is 11.8. The Bertz CT molecular complexity index is 180. The lowest BCUT2D eigenvalue weighted by Gasteiger charge is -2.15. The molecule has 1 aliphatic carbocycles. The first-order valence-corrected chi connectivity index (χ1v) is 6.95. The summed E-state index contributed by atoms with van der Waals surface area (Å²) in [6, 6.07) is 0.646. The van der Waals surface area contributed by atoms with Gasteiger partial charge in [-0.05, 0) is 53.9 Å². The molecule has 0 spiro atoms. The fourth-order valence-corrected chi connectivity index (χ4v) is 1.48. The molecule has 18 heavy (non-hydrogen) atoms. The average molecular weight is 259 g/mol. The molecule has 4 N–H and O–H groups in total. The lowest BCUT2D eigenvalue weighted by molar-refractivity contribution is 0.357. The molecule has 110 valence electrons. The highest BCUT2D eigenvalue weighted by Gasteiger charge is 2.27. The van der Waals surface area contributed by atoms with E-state index in [0.717, 1.165) is 32.1 Å². The predicted molar refractivity (Wildman–Crippen MR) is 79.5 cm³/mol. The third-order valence-electron chi connectivity index (χ3n) is 2.92. The first kappa shape index (κ1) is 17.8. The highest BCUT2D eigenvalue weighted by atomic mass is 15.4. The number of nitrogens with two attached hydrogens (primary N) is 1. The molecular formula is C13H33N5. The van der Waals surface area contributed by atoms with E-state index in [1.165, 1.54) is 12.8 Å². The Morgan fingerprint density at radius 1 is 1.11 bits per heavy atom. The minimum atomic E-state index is 0.646. The molecule has 1 saturated carbocycles. The molecule has 5 heteroatoms. The second-order valence-electron chi connectivity index (χ2n) is 5.59. The topological polar surface area (TPSA) is 56.6 Å². The molecular weight excluding hydrogens is 226 g/mol. The van der Waals surface area contributed by atoms with Crippen molar-refractivity contribution in [3.05, 3.63) is 0 Å². The molecule has 0 amide bonds. The van der Waals surface area contributed by atoms with E-state index in [1.807, 2.05) is 14.1 Å². The fraction of sp³-hybridized carbons (Fsp3) is 1.00. The zero-order valence-electron chi connectivity index (χ0n) is 12.9. The minimum absolute atomic E-state index is 0.646. The monoisotopic (exact) mass is 259 g/mol. The maximum Gasteiger partial charge on any atom is 0.0228 e. The van der Waals surface area contributed by atoms with Crippen molar-refractivity contribution in [3.8, 4) is 0 Å². The maximum absolute atomic E-state index is 5.19. The van der Waals surface area contributed by atoms with Crippen molar-refractivity contribution < 1.29 is 0 Å². The molecule has 1 fully saturated rings. The van der Waals surface area contributed by atoms with E-state index in [-0.39, 0.29) is 0 Å². The van der Waals surface area contributed by atoms with Crippen LogP contribution in [0.3, 0.4) is 0 Å². The summed E-state index contributed by atoms with van der Waals surface area (Å²) in [5, 5.41) is 0. The standard InChI is InChI=1S/C9H21N3.C4H12N2/c1-8(9-4-5-9)11-10-6-7-12(2)3;1-6(2)4-3-5/h8-11H,4-7H2,1-3H3;3-5H2,1-2H3. The first-order chi connectivity index (χ1) is 8.47. The molecule has 0 radical (unpaired) electrons. The smallest absolute Gasteiger partial charge is 0.0228 e. The van der Waals surface area contributed by atoms with E-state index in [4.69, 9.17) is 5.73 Å². The van der Waals surface area contributed by atoms with Gasteiger partial charge in [0.15, 0.2) is 0 Å². The molecule has 1 unspecified atom stereocenters. The third-order valence-corrected chi connectivity index (χ3v) is 2.92. The van der Waals surface area contributed by atoms with Gasteiger partial charge in [0.05, 0.1) is 0 Å². The summed E-state index contributed by atoms with van der Waals surface area (Å²) in [6.45, 7) is 6.10. The number of hydrazine groups is 1. The first-order valence-electron chi connectivity index (χ1n) is 6.95. The Morgan fingerprint density at radius 3 is 2.00 bits per heavy atom. The average Bonchev–Trinajstić information content (AvgIpc) is 3.08. The molecule has 0 aromatic rings. The molecule has 5 nitrogen and oxygen atoms in total. The summed E-state index contributed by atoms with van der Waals surface area (Å²) >= 11 is 0. The van der Waals surface area contributed by atoms with Crippen LogP contribution in [0.15, 0.2) is 0 Å². The predicted octanol–water partition coefficient (Wildman–Crippen LogP) is -0.0526. The highest BCUT2D eigenvalue weighted by Crippen LogP contribution is 2.31. The largest absolute Gasteiger partial charge is 0.329 e. The van der Waals surface area contributed by atoms with Crippen LogP contribution in [0.25, 0.3) is 0 Å². The van der Waals surface area contributed by atoms with E-state index in [0.29, 0.717) is 6.04 Å². The molecule has 0 aromatic heterocycles. The van der Waals surface area contributed by atoms with Gasteiger partial charge in [-0.15, -0.1) is 0 Å². The van der Waals surface area contributed by atoms with E-state index in [1.54, 1.807) is 0 Å². The highest BCUT2D eigenvalue weighted by molar-refractivity contribution is 4.82. The van der Waals surface area contributed by atoms with Crippen molar-refractivity contribution in [3.63, 3.8) is 0 Å². The zero-order chi connectivity index (χ0) is 14.0. The van der Waals surface area contributed by atoms with Crippen LogP contribution in [0.2, 0.25) is 0 Å². The van der Waals surface area contributed by atoms with Crippen LogP contribution in [0.4, 0.5) is 0 Å². The molecule has 0 aliphatic heterocycles. The SMILES string of the molecule is CC(NNCCN(C)C)C1CC1.CN(C)CCN. The molecule has 1 atom stereocenters. The van der Waals surface area contributed by atoms with Crippen LogP contribution in [-0.4, -0.2) is 70.2 Å². The van der Waals surface area contributed by atoms with E-state index < -0.39 is 0 Å². The minimum Gasteiger partial charge on any atom is -0.329 e. The summed E-state index contributed by atoms with van der Waals surface area (Å²) < 4.78 is 0. The van der Waals surface area contributed by atoms with Crippen molar-refractivity contribution in [2.45, 2.75) is 25.8 Å². The summed E-state index contributed by atoms with van der Waals surface area (Å²) in [7, 11) is 8.19. The summed E-state index contributed by atoms with van der Waals surface area (Å²) in [6.07, 6.45) is 2.81.